The van der Waals surface area contributed by atoms with E-state index in [-0.39, 0.29) is 70.7 Å². The molecule has 8 N–H and O–H groups in total. The van der Waals surface area contributed by atoms with Gasteiger partial charge in [-0.2, -0.15) is 19.9 Å². The van der Waals surface area contributed by atoms with E-state index in [0.29, 0.717) is 71.5 Å². The molecule has 7 rings (SSSR count). The van der Waals surface area contributed by atoms with Gasteiger partial charge in [-0.1, -0.05) is 70.3 Å². The number of H-pyrrole nitrogens is 2. The second-order valence-electron chi connectivity index (χ2n) is 15.4. The lowest BCUT2D eigenvalue weighted by atomic mass is 10.1. The van der Waals surface area contributed by atoms with Crippen LogP contribution in [0.4, 0.5) is 27.9 Å². The molecule has 0 radical (unpaired) electrons. The van der Waals surface area contributed by atoms with Crippen molar-refractivity contribution >= 4 is 57.8 Å². The Morgan fingerprint density at radius 1 is 0.924 bits per heavy atom. The van der Waals surface area contributed by atoms with E-state index < -0.39 is 18.8 Å². The number of likely N-dealkylation sites (N-methyl/N-ethyl adjacent to an activating group) is 2. The van der Waals surface area contributed by atoms with E-state index in [1.54, 1.807) is 48.2 Å². The Hall–Kier alpha value is -6.87. The number of ether oxygens (including phenoxy) is 1. The minimum atomic E-state index is -1.00. The van der Waals surface area contributed by atoms with Gasteiger partial charge in [0, 0.05) is 32.7 Å². The minimum absolute atomic E-state index is 0. The molecule has 4 aromatic heterocycles. The van der Waals surface area contributed by atoms with E-state index >= 15 is 0 Å². The second kappa shape index (κ2) is 25.6. The van der Waals surface area contributed by atoms with Crippen LogP contribution in [0.1, 0.15) is 73.1 Å². The quantitative estimate of drug-likeness (QED) is 0.106. The fourth-order valence-corrected chi connectivity index (χ4v) is 7.12. The standard InChI is InChI=1S/C17H20N6O4.C17H18N6O3.C8H19N.CH3F.2CH4/c1-22(5-6-24)16-20-14(18)13-15(21-16)23(17(27)19-13)9-11-4-2-3-10(7-11)8-12(25)26;1-22-5-6-26-12(24)8-10-3-2-4-11(7-10)9-23-15-13(19-17(23)25)14(18)20-16(22)21-15;1-6-9(7(2)3)8(4)5;1-2;;/h2-4,7,24H,5-6,8-9H2,1H3,(H,19,27)(H,25,26)(H2,18,20,21);2-4,7H,5-6,8-9H2,1H3,(H,19,25)(H2,18,20,21);7-8H,6H2,1-5H3;1H3;2*1H4/i;;;1D;;. The van der Waals surface area contributed by atoms with Crippen LogP contribution in [0.2, 0.25) is 0 Å². The molecule has 5 heterocycles. The maximum atomic E-state index is 12.4. The summed E-state index contributed by atoms with van der Waals surface area (Å²) in [4.78, 5) is 76.2. The van der Waals surface area contributed by atoms with Gasteiger partial charge in [0.2, 0.25) is 11.9 Å². The van der Waals surface area contributed by atoms with E-state index in [4.69, 9.17) is 27.8 Å². The number of nitrogens with two attached hydrogens (primary N) is 2. The number of carboxylic acid groups (broad SMARTS) is 1. The first-order valence-corrected chi connectivity index (χ1v) is 20.6. The number of rotatable bonds is 10. The zero-order chi connectivity index (χ0) is 48.0. The van der Waals surface area contributed by atoms with E-state index in [9.17, 15) is 23.6 Å². The topological polar surface area (TPSA) is 273 Å². The van der Waals surface area contributed by atoms with E-state index in [0.717, 1.165) is 23.2 Å². The number of esters is 1. The van der Waals surface area contributed by atoms with Crippen molar-refractivity contribution in [1.29, 1.82) is 0 Å². The number of benzene rings is 2. The Bertz CT molecular complexity index is 2640. The molecule has 0 spiro atoms. The number of nitrogen functional groups attached to an aromatic ring is 2. The number of aromatic nitrogens is 8. The molecule has 0 unspecified atom stereocenters. The van der Waals surface area contributed by atoms with Crippen LogP contribution in [-0.4, -0.2) is 132 Å². The summed E-state index contributed by atoms with van der Waals surface area (Å²) in [6.45, 7) is 13.7. The number of nitrogens with zero attached hydrogens (tertiary/aromatic N) is 9. The van der Waals surface area contributed by atoms with Gasteiger partial charge in [-0.25, -0.2) is 9.59 Å². The third kappa shape index (κ3) is 14.3. The fraction of sp³-hybridized carbons (Fsp3) is 0.467. The number of aromatic amines is 2. The first kappa shape index (κ1) is 53.5. The summed E-state index contributed by atoms with van der Waals surface area (Å²) < 4.78 is 23.7. The molecule has 4 bridgehead atoms. The highest BCUT2D eigenvalue weighted by Gasteiger charge is 2.19. The number of carbonyl (C=O) groups is 2. The van der Waals surface area contributed by atoms with Crippen molar-refractivity contribution in [3.63, 3.8) is 0 Å². The van der Waals surface area contributed by atoms with Gasteiger partial charge < -0.3 is 46.2 Å². The molecule has 0 saturated carbocycles. The van der Waals surface area contributed by atoms with Gasteiger partial charge >= 0.3 is 23.3 Å². The zero-order valence-electron chi connectivity index (χ0n) is 38.3. The Balaban J connectivity index is 0.000000363. The molecule has 0 atom stereocenters. The molecule has 362 valence electrons. The van der Waals surface area contributed by atoms with Gasteiger partial charge in [-0.15, -0.1) is 0 Å². The number of halogens is 1. The summed E-state index contributed by atoms with van der Waals surface area (Å²) in [5, 5.41) is 18.0. The van der Waals surface area contributed by atoms with Gasteiger partial charge in [0.1, 0.15) is 17.6 Å². The van der Waals surface area contributed by atoms with Gasteiger partial charge in [0.05, 0.1) is 47.6 Å². The highest BCUT2D eigenvalue weighted by Crippen LogP contribution is 2.21. The fourth-order valence-electron chi connectivity index (χ4n) is 7.12. The van der Waals surface area contributed by atoms with Crippen molar-refractivity contribution in [1.82, 2.24) is 43.9 Å². The molecular formula is C45H68FN13O7. The van der Waals surface area contributed by atoms with Crippen molar-refractivity contribution in [2.24, 2.45) is 0 Å². The number of aliphatic hydroxyl groups excluding tert-OH is 1. The number of hydrogen-bond acceptors (Lipinski definition) is 15. The van der Waals surface area contributed by atoms with Crippen LogP contribution in [0.15, 0.2) is 58.1 Å². The van der Waals surface area contributed by atoms with Crippen molar-refractivity contribution in [2.75, 3.05) is 75.4 Å². The van der Waals surface area contributed by atoms with Crippen molar-refractivity contribution in [3.05, 3.63) is 91.8 Å². The van der Waals surface area contributed by atoms with Crippen LogP contribution in [0.3, 0.4) is 0 Å². The zero-order valence-corrected chi connectivity index (χ0v) is 37.3. The molecule has 21 heteroatoms. The van der Waals surface area contributed by atoms with Crippen molar-refractivity contribution < 1.29 is 30.3 Å². The molecular weight excluding hydrogens is 854 g/mol. The number of imidazole rings is 2. The van der Waals surface area contributed by atoms with Gasteiger partial charge in [0.25, 0.3) is 0 Å². The van der Waals surface area contributed by atoms with E-state index in [1.807, 2.05) is 24.3 Å². The van der Waals surface area contributed by atoms with Crippen molar-refractivity contribution in [2.45, 2.75) is 87.5 Å². The predicted octanol–water partition coefficient (Wildman–Crippen LogP) is 4.07. The molecule has 1 aliphatic rings. The third-order valence-electron chi connectivity index (χ3n) is 10.1. The molecule has 66 heavy (non-hydrogen) atoms. The SMILES string of the molecule is C.C.CCN(C(C)C)C(C)C.CN(CCO)c1nc(N)c2[nH]c(=O)n(Cc3cccc(CC(=O)O)c3)c2n1.CN1CCOC(=O)Cc2cccc(c2)Cn2c(=O)[nH]c3c(N)nc1nc32.[2H]CF. The molecule has 0 fully saturated rings. The number of aliphatic carboxylic acids is 1. The second-order valence-corrected chi connectivity index (χ2v) is 15.4. The number of fused-ring (bicyclic) bond motifs is 4. The third-order valence-corrected chi connectivity index (χ3v) is 10.1. The lowest BCUT2D eigenvalue weighted by Gasteiger charge is -2.28. The number of carbonyl (C=O) groups excluding carboxylic acids is 1. The molecule has 2 aromatic carbocycles. The van der Waals surface area contributed by atoms with Crippen LogP contribution in [0.25, 0.3) is 22.3 Å². The van der Waals surface area contributed by atoms with Gasteiger partial charge in [0.15, 0.2) is 22.9 Å². The first-order chi connectivity index (χ1) is 30.9. The molecule has 0 saturated heterocycles. The molecule has 1 aliphatic heterocycles. The lowest BCUT2D eigenvalue weighted by molar-refractivity contribution is -0.142. The summed E-state index contributed by atoms with van der Waals surface area (Å²) in [5.41, 5.74) is 15.9. The molecule has 0 aliphatic carbocycles. The number of alkyl halides is 1. The number of cyclic esters (lactones) is 1. The summed E-state index contributed by atoms with van der Waals surface area (Å²) in [7, 11) is 2.49. The summed E-state index contributed by atoms with van der Waals surface area (Å²) in [5.74, 6) is -0.233. The molecule has 0 amide bonds. The normalized spacial score (nSPS) is 12.4. The molecule has 20 nitrogen and oxygen atoms in total. The van der Waals surface area contributed by atoms with Crippen LogP contribution >= 0.6 is 0 Å². The largest absolute Gasteiger partial charge is 0.481 e. The predicted molar refractivity (Wildman–Crippen MR) is 259 cm³/mol. The van der Waals surface area contributed by atoms with Crippen molar-refractivity contribution in [3.8, 4) is 0 Å². The average Bonchev–Trinajstić information content (AvgIpc) is 3.73. The Morgan fingerprint density at radius 3 is 2.15 bits per heavy atom. The van der Waals surface area contributed by atoms with E-state index in [1.165, 1.54) is 9.13 Å². The summed E-state index contributed by atoms with van der Waals surface area (Å²) in [6.07, 6.45) is 0.0889. The number of nitrogens with one attached hydrogen (secondary N) is 2. The Morgan fingerprint density at radius 2 is 1.53 bits per heavy atom. The summed E-state index contributed by atoms with van der Waals surface area (Å²) >= 11 is 0. The highest BCUT2D eigenvalue weighted by molar-refractivity contribution is 5.84. The number of aliphatic hydroxyl groups is 1. The maximum Gasteiger partial charge on any atom is 0.328 e. The number of carboxylic acids is 1. The first-order valence-electron chi connectivity index (χ1n) is 21.3. The minimum Gasteiger partial charge on any atom is -0.481 e. The number of hydrogen-bond donors (Lipinski definition) is 6. The summed E-state index contributed by atoms with van der Waals surface area (Å²) in [6, 6.07) is 15.9. The Kier molecular flexibility index (Phi) is 20.7. The molecule has 6 aromatic rings. The number of anilines is 4. The van der Waals surface area contributed by atoms with E-state index in [2.05, 4.69) is 69.4 Å². The monoisotopic (exact) mass is 923 g/mol. The Labute approximate surface area is 385 Å². The van der Waals surface area contributed by atoms with Crippen LogP contribution in [0.5, 0.6) is 0 Å². The van der Waals surface area contributed by atoms with Crippen LogP contribution in [0, 0.1) is 0 Å². The lowest BCUT2D eigenvalue weighted by Crippen LogP contribution is -2.36. The maximum absolute atomic E-state index is 12.4. The smallest absolute Gasteiger partial charge is 0.328 e. The van der Waals surface area contributed by atoms with Gasteiger partial charge in [-0.3, -0.25) is 28.0 Å². The van der Waals surface area contributed by atoms with Crippen LogP contribution in [-0.2, 0) is 40.3 Å². The van der Waals surface area contributed by atoms with Crippen LogP contribution < -0.4 is 32.6 Å². The average molecular weight is 923 g/mol. The highest BCUT2D eigenvalue weighted by atomic mass is 19.1. The van der Waals surface area contributed by atoms with Gasteiger partial charge in [-0.05, 0) is 56.5 Å².